The number of aliphatic carboxylic acids is 1. The average molecular weight is 300 g/mol. The Labute approximate surface area is 105 Å². The quantitative estimate of drug-likeness (QED) is 0.919. The lowest BCUT2D eigenvalue weighted by Crippen LogP contribution is -2.26. The number of carbonyl (C=O) groups is 1. The predicted molar refractivity (Wildman–Crippen MR) is 65.0 cm³/mol. The van der Waals surface area contributed by atoms with Crippen molar-refractivity contribution < 1.29 is 9.90 Å². The number of nitrogens with zero attached hydrogens (tertiary/aromatic N) is 3. The van der Waals surface area contributed by atoms with Crippen molar-refractivity contribution in [2.24, 2.45) is 0 Å². The lowest BCUT2D eigenvalue weighted by molar-refractivity contribution is -0.137. The van der Waals surface area contributed by atoms with E-state index in [1.807, 2.05) is 6.92 Å². The van der Waals surface area contributed by atoms with Gasteiger partial charge in [-0.3, -0.25) is 13.9 Å². The van der Waals surface area contributed by atoms with Gasteiger partial charge in [-0.1, -0.05) is 0 Å². The van der Waals surface area contributed by atoms with Crippen molar-refractivity contribution in [2.75, 3.05) is 0 Å². The Hall–Kier alpha value is -1.63. The summed E-state index contributed by atoms with van der Waals surface area (Å²) in [6.07, 6.45) is 1.58. The van der Waals surface area contributed by atoms with Crippen molar-refractivity contribution in [3.8, 4) is 0 Å². The van der Waals surface area contributed by atoms with Crippen LogP contribution < -0.4 is 5.69 Å². The number of pyridine rings is 1. The van der Waals surface area contributed by atoms with E-state index in [1.54, 1.807) is 12.3 Å². The molecule has 0 saturated carbocycles. The van der Waals surface area contributed by atoms with Crippen LogP contribution in [0.15, 0.2) is 21.5 Å². The van der Waals surface area contributed by atoms with E-state index in [0.717, 1.165) is 0 Å². The third-order valence-electron chi connectivity index (χ3n) is 2.43. The molecule has 2 rings (SSSR count). The normalized spacial score (nSPS) is 10.9. The number of aromatic nitrogens is 3. The largest absolute Gasteiger partial charge is 0.480 e. The molecule has 2 aromatic heterocycles. The van der Waals surface area contributed by atoms with Crippen LogP contribution in [0, 0.1) is 0 Å². The molecule has 17 heavy (non-hydrogen) atoms. The van der Waals surface area contributed by atoms with Gasteiger partial charge in [0.1, 0.15) is 6.54 Å². The molecule has 0 radical (unpaired) electrons. The summed E-state index contributed by atoms with van der Waals surface area (Å²) in [5, 5.41) is 8.80. The van der Waals surface area contributed by atoms with Crippen LogP contribution in [-0.2, 0) is 17.9 Å². The van der Waals surface area contributed by atoms with Crippen molar-refractivity contribution in [1.82, 2.24) is 14.1 Å². The van der Waals surface area contributed by atoms with Gasteiger partial charge in [0, 0.05) is 17.2 Å². The molecule has 0 fully saturated rings. The van der Waals surface area contributed by atoms with Gasteiger partial charge in [-0.05, 0) is 28.9 Å². The van der Waals surface area contributed by atoms with Crippen LogP contribution >= 0.6 is 15.9 Å². The molecule has 0 bridgehead atoms. The lowest BCUT2D eigenvalue weighted by atomic mass is 10.4. The molecule has 2 aromatic rings. The Balaban J connectivity index is 2.80. The monoisotopic (exact) mass is 299 g/mol. The fraction of sp³-hybridized carbons (Fsp3) is 0.300. The Kier molecular flexibility index (Phi) is 3.01. The van der Waals surface area contributed by atoms with Crippen LogP contribution in [0.25, 0.3) is 11.2 Å². The predicted octanol–water partition coefficient (Wildman–Crippen LogP) is 1.06. The van der Waals surface area contributed by atoms with E-state index in [-0.39, 0.29) is 12.2 Å². The first kappa shape index (κ1) is 11.8. The number of halogens is 1. The smallest absolute Gasteiger partial charge is 0.330 e. The minimum atomic E-state index is -1.05. The van der Waals surface area contributed by atoms with Gasteiger partial charge in [0.15, 0.2) is 5.65 Å². The molecule has 0 aliphatic carbocycles. The third-order valence-corrected chi connectivity index (χ3v) is 2.87. The second kappa shape index (κ2) is 4.33. The van der Waals surface area contributed by atoms with Gasteiger partial charge in [0.2, 0.25) is 0 Å². The van der Waals surface area contributed by atoms with E-state index in [4.69, 9.17) is 5.11 Å². The molecule has 90 valence electrons. The molecule has 0 aliphatic rings. The highest BCUT2D eigenvalue weighted by atomic mass is 79.9. The minimum absolute atomic E-state index is 0.351. The first-order chi connectivity index (χ1) is 8.04. The van der Waals surface area contributed by atoms with E-state index in [2.05, 4.69) is 20.9 Å². The zero-order valence-electron chi connectivity index (χ0n) is 9.05. The summed E-state index contributed by atoms with van der Waals surface area (Å²) in [7, 11) is 0. The van der Waals surface area contributed by atoms with E-state index >= 15 is 0 Å². The Morgan fingerprint density at radius 1 is 1.53 bits per heavy atom. The molecular weight excluding hydrogens is 290 g/mol. The maximum atomic E-state index is 12.0. The summed E-state index contributed by atoms with van der Waals surface area (Å²) in [6, 6.07) is 1.69. The SMILES string of the molecule is CCn1c(=O)n(CC(=O)O)c2cc(Br)cnc21. The number of fused-ring (bicyclic) bond motifs is 1. The van der Waals surface area contributed by atoms with E-state index in [0.29, 0.717) is 22.2 Å². The van der Waals surface area contributed by atoms with Gasteiger partial charge in [-0.15, -0.1) is 0 Å². The average Bonchev–Trinajstić information content (AvgIpc) is 2.51. The molecule has 0 unspecified atom stereocenters. The van der Waals surface area contributed by atoms with Crippen LogP contribution in [-0.4, -0.2) is 25.2 Å². The molecule has 1 N–H and O–H groups in total. The van der Waals surface area contributed by atoms with Crippen molar-refractivity contribution >= 4 is 33.1 Å². The number of imidazole rings is 1. The molecule has 0 aromatic carbocycles. The number of carboxylic acids is 1. The first-order valence-corrected chi connectivity index (χ1v) is 5.80. The maximum Gasteiger partial charge on any atom is 0.330 e. The van der Waals surface area contributed by atoms with Gasteiger partial charge in [0.05, 0.1) is 5.52 Å². The van der Waals surface area contributed by atoms with E-state index < -0.39 is 5.97 Å². The van der Waals surface area contributed by atoms with Gasteiger partial charge >= 0.3 is 11.7 Å². The summed E-state index contributed by atoms with van der Waals surface area (Å²) in [5.74, 6) is -1.05. The topological polar surface area (TPSA) is 77.1 Å². The molecule has 0 saturated heterocycles. The van der Waals surface area contributed by atoms with Crippen LogP contribution in [0.5, 0.6) is 0 Å². The highest BCUT2D eigenvalue weighted by Crippen LogP contribution is 2.16. The maximum absolute atomic E-state index is 12.0. The molecule has 6 nitrogen and oxygen atoms in total. The molecular formula is C10H10BrN3O3. The third kappa shape index (κ3) is 1.97. The zero-order chi connectivity index (χ0) is 12.6. The molecule has 0 spiro atoms. The van der Waals surface area contributed by atoms with Crippen molar-refractivity contribution in [1.29, 1.82) is 0 Å². The number of hydrogen-bond acceptors (Lipinski definition) is 3. The fourth-order valence-corrected chi connectivity index (χ4v) is 2.06. The van der Waals surface area contributed by atoms with Crippen LogP contribution in [0.2, 0.25) is 0 Å². The van der Waals surface area contributed by atoms with Crippen molar-refractivity contribution in [3.63, 3.8) is 0 Å². The van der Waals surface area contributed by atoms with Gasteiger partial charge in [0.25, 0.3) is 0 Å². The summed E-state index contributed by atoms with van der Waals surface area (Å²) in [6.45, 7) is 1.91. The lowest BCUT2D eigenvalue weighted by Gasteiger charge is -1.98. The number of aryl methyl sites for hydroxylation is 1. The van der Waals surface area contributed by atoms with E-state index in [9.17, 15) is 9.59 Å². The molecule has 2 heterocycles. The van der Waals surface area contributed by atoms with Crippen LogP contribution in [0.3, 0.4) is 0 Å². The van der Waals surface area contributed by atoms with Crippen LogP contribution in [0.4, 0.5) is 0 Å². The van der Waals surface area contributed by atoms with Crippen molar-refractivity contribution in [2.45, 2.75) is 20.0 Å². The number of rotatable bonds is 3. The second-order valence-corrected chi connectivity index (χ2v) is 4.42. The Morgan fingerprint density at radius 3 is 2.82 bits per heavy atom. The Bertz CT molecular complexity index is 644. The highest BCUT2D eigenvalue weighted by molar-refractivity contribution is 9.10. The summed E-state index contributed by atoms with van der Waals surface area (Å²) in [4.78, 5) is 26.9. The fourth-order valence-electron chi connectivity index (χ4n) is 1.74. The Morgan fingerprint density at radius 2 is 2.24 bits per heavy atom. The highest BCUT2D eigenvalue weighted by Gasteiger charge is 2.15. The molecule has 0 atom stereocenters. The van der Waals surface area contributed by atoms with Crippen molar-refractivity contribution in [3.05, 3.63) is 27.2 Å². The minimum Gasteiger partial charge on any atom is -0.480 e. The first-order valence-electron chi connectivity index (χ1n) is 5.01. The zero-order valence-corrected chi connectivity index (χ0v) is 10.6. The van der Waals surface area contributed by atoms with Crippen LogP contribution in [0.1, 0.15) is 6.92 Å². The molecule has 0 amide bonds. The molecule has 7 heteroatoms. The van der Waals surface area contributed by atoms with Gasteiger partial charge in [-0.25, -0.2) is 9.78 Å². The summed E-state index contributed by atoms with van der Waals surface area (Å²) >= 11 is 3.25. The van der Waals surface area contributed by atoms with Gasteiger partial charge < -0.3 is 5.11 Å². The summed E-state index contributed by atoms with van der Waals surface area (Å²) in [5.41, 5.74) is 0.672. The number of hydrogen-bond donors (Lipinski definition) is 1. The number of carboxylic acid groups (broad SMARTS) is 1. The van der Waals surface area contributed by atoms with E-state index in [1.165, 1.54) is 9.13 Å². The standard InChI is InChI=1S/C10H10BrN3O3/c1-2-13-9-7(3-6(11)4-12-9)14(10(13)17)5-8(15)16/h3-4H,2,5H2,1H3,(H,15,16). The second-order valence-electron chi connectivity index (χ2n) is 3.50. The summed E-state index contributed by atoms with van der Waals surface area (Å²) < 4.78 is 3.36. The molecule has 0 aliphatic heterocycles. The van der Waals surface area contributed by atoms with Gasteiger partial charge in [-0.2, -0.15) is 0 Å².